The van der Waals surface area contributed by atoms with Gasteiger partial charge in [-0.15, -0.1) is 0 Å². The summed E-state index contributed by atoms with van der Waals surface area (Å²) in [5.74, 6) is 0.529. The lowest BCUT2D eigenvalue weighted by Crippen LogP contribution is -2.08. The van der Waals surface area contributed by atoms with E-state index in [2.05, 4.69) is 10.3 Å². The summed E-state index contributed by atoms with van der Waals surface area (Å²) in [7, 11) is -3.22. The summed E-state index contributed by atoms with van der Waals surface area (Å²) in [4.78, 5) is 17.6. The Labute approximate surface area is 165 Å². The number of sulfone groups is 1. The third kappa shape index (κ3) is 5.04. The Morgan fingerprint density at radius 1 is 0.964 bits per heavy atom. The van der Waals surface area contributed by atoms with Crippen LogP contribution in [0.4, 0.5) is 11.5 Å². The molecule has 144 valence electrons. The van der Waals surface area contributed by atoms with Crippen molar-refractivity contribution in [3.63, 3.8) is 0 Å². The van der Waals surface area contributed by atoms with E-state index in [1.807, 2.05) is 43.3 Å². The number of aryl methyl sites for hydroxylation is 2. The predicted octanol–water partition coefficient (Wildman–Crippen LogP) is 4.35. The van der Waals surface area contributed by atoms with Gasteiger partial charge in [-0.1, -0.05) is 30.3 Å². The average Bonchev–Trinajstić information content (AvgIpc) is 2.67. The quantitative estimate of drug-likeness (QED) is 0.603. The molecule has 0 radical (unpaired) electrons. The van der Waals surface area contributed by atoms with Gasteiger partial charge in [-0.25, -0.2) is 13.4 Å². The zero-order valence-electron chi connectivity index (χ0n) is 15.8. The number of hydrogen-bond acceptors (Lipinski definition) is 5. The number of pyridine rings is 1. The van der Waals surface area contributed by atoms with Gasteiger partial charge >= 0.3 is 0 Å². The first kappa shape index (κ1) is 19.8. The summed E-state index contributed by atoms with van der Waals surface area (Å²) in [6.07, 6.45) is 2.02. The van der Waals surface area contributed by atoms with E-state index in [0.29, 0.717) is 24.2 Å². The van der Waals surface area contributed by atoms with Gasteiger partial charge in [0, 0.05) is 24.1 Å². The van der Waals surface area contributed by atoms with Gasteiger partial charge in [-0.3, -0.25) is 4.79 Å². The first-order valence-electron chi connectivity index (χ1n) is 8.95. The highest BCUT2D eigenvalue weighted by atomic mass is 32.2. The van der Waals surface area contributed by atoms with E-state index in [9.17, 15) is 13.2 Å². The minimum absolute atomic E-state index is 0.0156. The van der Waals surface area contributed by atoms with E-state index in [4.69, 9.17) is 0 Å². The number of carbonyl (C=O) groups is 1. The second-order valence-electron chi connectivity index (χ2n) is 6.68. The van der Waals surface area contributed by atoms with Crippen molar-refractivity contribution in [1.82, 2.24) is 4.98 Å². The zero-order chi connectivity index (χ0) is 20.1. The number of anilines is 2. The predicted molar refractivity (Wildman–Crippen MR) is 111 cm³/mol. The van der Waals surface area contributed by atoms with Gasteiger partial charge < -0.3 is 5.32 Å². The molecule has 0 saturated carbocycles. The van der Waals surface area contributed by atoms with E-state index < -0.39 is 9.84 Å². The highest BCUT2D eigenvalue weighted by Crippen LogP contribution is 2.21. The van der Waals surface area contributed by atoms with Crippen molar-refractivity contribution in [1.29, 1.82) is 0 Å². The first-order valence-corrected chi connectivity index (χ1v) is 10.8. The van der Waals surface area contributed by atoms with Crippen molar-refractivity contribution in [2.24, 2.45) is 0 Å². The van der Waals surface area contributed by atoms with Crippen molar-refractivity contribution >= 4 is 27.1 Å². The normalized spacial score (nSPS) is 11.2. The maximum Gasteiger partial charge on any atom is 0.175 e. The van der Waals surface area contributed by atoms with Crippen molar-refractivity contribution < 1.29 is 13.2 Å². The van der Waals surface area contributed by atoms with Gasteiger partial charge in [0.25, 0.3) is 0 Å². The SMILES string of the molecule is Cc1ccc(C(=O)CCc2ccc(S(C)(=O)=O)cc2)c(Nc2ccccc2)n1. The monoisotopic (exact) mass is 394 g/mol. The van der Waals surface area contributed by atoms with Crippen molar-refractivity contribution in [3.05, 3.63) is 83.6 Å². The Balaban J connectivity index is 1.74. The molecule has 0 amide bonds. The summed E-state index contributed by atoms with van der Waals surface area (Å²) in [6, 6.07) is 19.9. The fourth-order valence-corrected chi connectivity index (χ4v) is 3.46. The molecule has 1 heterocycles. The molecule has 6 heteroatoms. The maximum atomic E-state index is 12.8. The molecule has 28 heavy (non-hydrogen) atoms. The van der Waals surface area contributed by atoms with E-state index in [-0.39, 0.29) is 10.7 Å². The third-order valence-corrected chi connectivity index (χ3v) is 5.49. The zero-order valence-corrected chi connectivity index (χ0v) is 16.7. The summed E-state index contributed by atoms with van der Waals surface area (Å²) in [5.41, 5.74) is 3.15. The van der Waals surface area contributed by atoms with Crippen LogP contribution in [-0.2, 0) is 16.3 Å². The standard InChI is InChI=1S/C22H22N2O3S/c1-16-8-14-20(22(23-16)24-18-6-4-3-5-7-18)21(25)15-11-17-9-12-19(13-10-17)28(2,26)27/h3-10,12-14H,11,15H2,1-2H3,(H,23,24). The Morgan fingerprint density at radius 2 is 1.64 bits per heavy atom. The second-order valence-corrected chi connectivity index (χ2v) is 8.69. The molecule has 0 aliphatic carbocycles. The lowest BCUT2D eigenvalue weighted by molar-refractivity contribution is 0.0983. The Bertz CT molecular complexity index is 1080. The third-order valence-electron chi connectivity index (χ3n) is 4.36. The lowest BCUT2D eigenvalue weighted by atomic mass is 10.0. The molecular formula is C22H22N2O3S. The number of nitrogens with one attached hydrogen (secondary N) is 1. The van der Waals surface area contributed by atoms with Crippen LogP contribution in [0.1, 0.15) is 28.0 Å². The number of Topliss-reactive ketones (excluding diaryl/α,β-unsaturated/α-hetero) is 1. The molecule has 0 bridgehead atoms. The first-order chi connectivity index (χ1) is 13.3. The smallest absolute Gasteiger partial charge is 0.175 e. The minimum Gasteiger partial charge on any atom is -0.340 e. The minimum atomic E-state index is -3.22. The summed E-state index contributed by atoms with van der Waals surface area (Å²) >= 11 is 0. The van der Waals surface area contributed by atoms with Crippen LogP contribution in [0, 0.1) is 6.92 Å². The number of benzene rings is 2. The van der Waals surface area contributed by atoms with Crippen LogP contribution in [0.5, 0.6) is 0 Å². The molecule has 0 unspecified atom stereocenters. The molecule has 0 aliphatic rings. The molecule has 1 aromatic heterocycles. The topological polar surface area (TPSA) is 76.1 Å². The van der Waals surface area contributed by atoms with Crippen LogP contribution in [0.3, 0.4) is 0 Å². The van der Waals surface area contributed by atoms with Crippen molar-refractivity contribution in [2.45, 2.75) is 24.7 Å². The highest BCUT2D eigenvalue weighted by Gasteiger charge is 2.14. The molecule has 3 aromatic rings. The summed E-state index contributed by atoms with van der Waals surface area (Å²) < 4.78 is 23.1. The molecular weight excluding hydrogens is 372 g/mol. The molecule has 0 saturated heterocycles. The van der Waals surface area contributed by atoms with Crippen LogP contribution < -0.4 is 5.32 Å². The molecule has 2 aromatic carbocycles. The molecule has 0 aliphatic heterocycles. The molecule has 0 atom stereocenters. The largest absolute Gasteiger partial charge is 0.340 e. The van der Waals surface area contributed by atoms with Gasteiger partial charge in [0.05, 0.1) is 10.5 Å². The number of carbonyl (C=O) groups excluding carboxylic acids is 1. The number of rotatable bonds is 7. The van der Waals surface area contributed by atoms with Crippen LogP contribution >= 0.6 is 0 Å². The van der Waals surface area contributed by atoms with Gasteiger partial charge in [0.1, 0.15) is 5.82 Å². The fourth-order valence-electron chi connectivity index (χ4n) is 2.83. The summed E-state index contributed by atoms with van der Waals surface area (Å²) in [6.45, 7) is 1.88. The van der Waals surface area contributed by atoms with Crippen LogP contribution in [0.2, 0.25) is 0 Å². The molecule has 0 spiro atoms. The Hall–Kier alpha value is -2.99. The summed E-state index contributed by atoms with van der Waals surface area (Å²) in [5, 5.41) is 3.22. The van der Waals surface area contributed by atoms with Crippen molar-refractivity contribution in [2.75, 3.05) is 11.6 Å². The molecule has 0 fully saturated rings. The van der Waals surface area contributed by atoms with Crippen LogP contribution in [-0.4, -0.2) is 25.4 Å². The molecule has 3 rings (SSSR count). The van der Waals surface area contributed by atoms with E-state index in [1.54, 1.807) is 30.3 Å². The number of ketones is 1. The van der Waals surface area contributed by atoms with Gasteiger partial charge in [0.2, 0.25) is 0 Å². The number of para-hydroxylation sites is 1. The van der Waals surface area contributed by atoms with E-state index in [1.165, 1.54) is 6.26 Å². The van der Waals surface area contributed by atoms with Crippen LogP contribution in [0.25, 0.3) is 0 Å². The lowest BCUT2D eigenvalue weighted by Gasteiger charge is -2.11. The fraction of sp³-hybridized carbons (Fsp3) is 0.182. The van der Waals surface area contributed by atoms with Gasteiger partial charge in [-0.2, -0.15) is 0 Å². The van der Waals surface area contributed by atoms with Crippen LogP contribution in [0.15, 0.2) is 71.6 Å². The second kappa shape index (κ2) is 8.35. The van der Waals surface area contributed by atoms with Gasteiger partial charge in [0.15, 0.2) is 15.6 Å². The number of nitrogens with zero attached hydrogens (tertiary/aromatic N) is 1. The van der Waals surface area contributed by atoms with Gasteiger partial charge in [-0.05, 0) is 55.3 Å². The Morgan fingerprint density at radius 3 is 2.29 bits per heavy atom. The maximum absolute atomic E-state index is 12.8. The van der Waals surface area contributed by atoms with E-state index >= 15 is 0 Å². The highest BCUT2D eigenvalue weighted by molar-refractivity contribution is 7.90. The molecule has 5 nitrogen and oxygen atoms in total. The number of hydrogen-bond donors (Lipinski definition) is 1. The van der Waals surface area contributed by atoms with Crippen molar-refractivity contribution in [3.8, 4) is 0 Å². The Kier molecular flexibility index (Phi) is 5.90. The molecule has 1 N–H and O–H groups in total. The average molecular weight is 394 g/mol. The number of aromatic nitrogens is 1. The van der Waals surface area contributed by atoms with E-state index in [0.717, 1.165) is 16.9 Å².